The van der Waals surface area contributed by atoms with Crippen LogP contribution in [-0.4, -0.2) is 54.1 Å². The number of carbonyl (C=O) groups excluding carboxylic acids is 1. The molecule has 1 saturated carbocycles. The normalized spacial score (nSPS) is 16.4. The number of piperazine rings is 1. The highest BCUT2D eigenvalue weighted by atomic mass is 16.6. The molecule has 8 heteroatoms. The Morgan fingerprint density at radius 3 is 2.35 bits per heavy atom. The summed E-state index contributed by atoms with van der Waals surface area (Å²) in [7, 11) is 0. The summed E-state index contributed by atoms with van der Waals surface area (Å²) in [6.45, 7) is 6.50. The summed E-state index contributed by atoms with van der Waals surface area (Å²) in [5.74, 6) is 0.765. The van der Waals surface area contributed by atoms with Crippen molar-refractivity contribution in [2.24, 2.45) is 0 Å². The van der Waals surface area contributed by atoms with Gasteiger partial charge >= 0.3 is 0 Å². The van der Waals surface area contributed by atoms with Crippen molar-refractivity contribution in [1.29, 1.82) is 0 Å². The van der Waals surface area contributed by atoms with E-state index in [0.717, 1.165) is 24.3 Å². The summed E-state index contributed by atoms with van der Waals surface area (Å²) in [4.78, 5) is 27.9. The minimum atomic E-state index is -0.345. The van der Waals surface area contributed by atoms with Crippen molar-refractivity contribution < 1.29 is 14.5 Å². The Morgan fingerprint density at radius 2 is 1.77 bits per heavy atom. The standard InChI is InChI=1S/C23H28N4O4/c1-16(2)31-20-8-3-17(4-9-20)23(28)26-13-11-25(12-14-26)19-7-10-22(27(29)30)21(15-19)24-18-5-6-18/h3-4,7-10,15-16,18,24H,5-6,11-14H2,1-2H3. The first-order chi connectivity index (χ1) is 14.9. The molecule has 31 heavy (non-hydrogen) atoms. The molecule has 0 radical (unpaired) electrons. The Hall–Kier alpha value is -3.29. The molecule has 2 aliphatic rings. The van der Waals surface area contributed by atoms with Crippen LogP contribution in [0.15, 0.2) is 42.5 Å². The predicted octanol–water partition coefficient (Wildman–Crippen LogP) is 3.92. The highest BCUT2D eigenvalue weighted by molar-refractivity contribution is 5.94. The van der Waals surface area contributed by atoms with E-state index in [1.165, 1.54) is 0 Å². The van der Waals surface area contributed by atoms with Crippen LogP contribution in [0.2, 0.25) is 0 Å². The summed E-state index contributed by atoms with van der Waals surface area (Å²) >= 11 is 0. The zero-order valence-electron chi connectivity index (χ0n) is 17.9. The predicted molar refractivity (Wildman–Crippen MR) is 120 cm³/mol. The topological polar surface area (TPSA) is 88.0 Å². The summed E-state index contributed by atoms with van der Waals surface area (Å²) in [6, 6.07) is 12.8. The molecule has 0 aromatic heterocycles. The van der Waals surface area contributed by atoms with Gasteiger partial charge in [-0.05, 0) is 63.1 Å². The fourth-order valence-corrected chi connectivity index (χ4v) is 3.74. The molecule has 0 atom stereocenters. The van der Waals surface area contributed by atoms with Crippen molar-refractivity contribution in [3.63, 3.8) is 0 Å². The number of benzene rings is 2. The van der Waals surface area contributed by atoms with E-state index in [2.05, 4.69) is 10.2 Å². The van der Waals surface area contributed by atoms with Crippen LogP contribution in [0.1, 0.15) is 37.0 Å². The van der Waals surface area contributed by atoms with E-state index in [4.69, 9.17) is 4.74 Å². The quantitative estimate of drug-likeness (QED) is 0.535. The van der Waals surface area contributed by atoms with Crippen LogP contribution in [0.25, 0.3) is 0 Å². The first-order valence-corrected chi connectivity index (χ1v) is 10.8. The van der Waals surface area contributed by atoms with Crippen LogP contribution in [0.5, 0.6) is 5.75 Å². The molecule has 1 N–H and O–H groups in total. The number of hydrogen-bond acceptors (Lipinski definition) is 6. The van der Waals surface area contributed by atoms with Crippen LogP contribution < -0.4 is 15.0 Å². The maximum absolute atomic E-state index is 12.9. The van der Waals surface area contributed by atoms with Crippen molar-refractivity contribution in [1.82, 2.24) is 4.90 Å². The van der Waals surface area contributed by atoms with Gasteiger partial charge in [-0.25, -0.2) is 0 Å². The zero-order chi connectivity index (χ0) is 22.0. The van der Waals surface area contributed by atoms with E-state index in [9.17, 15) is 14.9 Å². The van der Waals surface area contributed by atoms with Crippen LogP contribution in [0.4, 0.5) is 17.1 Å². The summed E-state index contributed by atoms with van der Waals surface area (Å²) in [5, 5.41) is 14.6. The molecule has 8 nitrogen and oxygen atoms in total. The third-order valence-corrected chi connectivity index (χ3v) is 5.52. The third kappa shape index (κ3) is 5.07. The largest absolute Gasteiger partial charge is 0.491 e. The Balaban J connectivity index is 1.39. The molecular formula is C23H28N4O4. The third-order valence-electron chi connectivity index (χ3n) is 5.52. The average molecular weight is 425 g/mol. The molecular weight excluding hydrogens is 396 g/mol. The van der Waals surface area contributed by atoms with Crippen LogP contribution in [-0.2, 0) is 0 Å². The molecule has 164 valence electrons. The number of ether oxygens (including phenoxy) is 1. The summed E-state index contributed by atoms with van der Waals surface area (Å²) in [5.41, 5.74) is 2.27. The maximum atomic E-state index is 12.9. The Bertz CT molecular complexity index is 949. The van der Waals surface area contributed by atoms with E-state index in [1.54, 1.807) is 24.3 Å². The zero-order valence-corrected chi connectivity index (χ0v) is 17.9. The molecule has 1 saturated heterocycles. The summed E-state index contributed by atoms with van der Waals surface area (Å²) < 4.78 is 5.64. The Kier molecular flexibility index (Phi) is 5.97. The van der Waals surface area contributed by atoms with Gasteiger partial charge in [0, 0.05) is 49.5 Å². The molecule has 0 unspecified atom stereocenters. The van der Waals surface area contributed by atoms with E-state index in [0.29, 0.717) is 43.5 Å². The number of anilines is 2. The molecule has 4 rings (SSSR count). The van der Waals surface area contributed by atoms with E-state index < -0.39 is 0 Å². The molecule has 1 heterocycles. The summed E-state index contributed by atoms with van der Waals surface area (Å²) in [6.07, 6.45) is 2.19. The van der Waals surface area contributed by atoms with E-state index in [-0.39, 0.29) is 22.6 Å². The number of nitro groups is 1. The number of rotatable bonds is 7. The molecule has 0 bridgehead atoms. The van der Waals surface area contributed by atoms with Gasteiger partial charge < -0.3 is 19.9 Å². The number of nitrogens with zero attached hydrogens (tertiary/aromatic N) is 3. The van der Waals surface area contributed by atoms with Gasteiger partial charge in [0.2, 0.25) is 0 Å². The molecule has 1 amide bonds. The minimum absolute atomic E-state index is 0.00976. The molecule has 2 fully saturated rings. The van der Waals surface area contributed by atoms with Crippen LogP contribution in [0, 0.1) is 10.1 Å². The van der Waals surface area contributed by atoms with Crippen molar-refractivity contribution in [2.45, 2.75) is 38.8 Å². The first kappa shape index (κ1) is 21.0. The number of hydrogen-bond donors (Lipinski definition) is 1. The Labute approximate surface area is 181 Å². The molecule has 0 spiro atoms. The van der Waals surface area contributed by atoms with Gasteiger partial charge in [-0.3, -0.25) is 14.9 Å². The van der Waals surface area contributed by atoms with Gasteiger partial charge in [0.1, 0.15) is 11.4 Å². The number of nitrogens with one attached hydrogen (secondary N) is 1. The smallest absolute Gasteiger partial charge is 0.292 e. The van der Waals surface area contributed by atoms with Crippen LogP contribution in [0.3, 0.4) is 0 Å². The lowest BCUT2D eigenvalue weighted by molar-refractivity contribution is -0.384. The maximum Gasteiger partial charge on any atom is 0.292 e. The van der Waals surface area contributed by atoms with Gasteiger partial charge in [-0.1, -0.05) is 0 Å². The fraction of sp³-hybridized carbons (Fsp3) is 0.435. The van der Waals surface area contributed by atoms with E-state index >= 15 is 0 Å². The SMILES string of the molecule is CC(C)Oc1ccc(C(=O)N2CCN(c3ccc([N+](=O)[O-])c(NC4CC4)c3)CC2)cc1. The highest BCUT2D eigenvalue weighted by Gasteiger charge is 2.27. The second kappa shape index (κ2) is 8.83. The number of amides is 1. The fourth-order valence-electron chi connectivity index (χ4n) is 3.74. The molecule has 2 aromatic carbocycles. The van der Waals surface area contributed by atoms with Crippen molar-refractivity contribution in [2.75, 3.05) is 36.4 Å². The van der Waals surface area contributed by atoms with Gasteiger partial charge in [0.05, 0.1) is 11.0 Å². The van der Waals surface area contributed by atoms with Gasteiger partial charge in [-0.15, -0.1) is 0 Å². The lowest BCUT2D eigenvalue weighted by Crippen LogP contribution is -2.48. The van der Waals surface area contributed by atoms with E-state index in [1.807, 2.05) is 36.9 Å². The average Bonchev–Trinajstić information content (AvgIpc) is 3.57. The monoisotopic (exact) mass is 424 g/mol. The minimum Gasteiger partial charge on any atom is -0.491 e. The van der Waals surface area contributed by atoms with Crippen LogP contribution >= 0.6 is 0 Å². The Morgan fingerprint density at radius 1 is 1.10 bits per heavy atom. The lowest BCUT2D eigenvalue weighted by Gasteiger charge is -2.36. The molecule has 2 aromatic rings. The second-order valence-corrected chi connectivity index (χ2v) is 8.35. The van der Waals surface area contributed by atoms with Crippen molar-refractivity contribution in [3.05, 3.63) is 58.1 Å². The number of nitro benzene ring substituents is 1. The van der Waals surface area contributed by atoms with Gasteiger partial charge in [0.15, 0.2) is 0 Å². The molecule has 1 aliphatic carbocycles. The molecule has 1 aliphatic heterocycles. The highest BCUT2D eigenvalue weighted by Crippen LogP contribution is 2.34. The van der Waals surface area contributed by atoms with Crippen molar-refractivity contribution in [3.8, 4) is 5.75 Å². The second-order valence-electron chi connectivity index (χ2n) is 8.35. The number of carbonyl (C=O) groups is 1. The van der Waals surface area contributed by atoms with Crippen molar-refractivity contribution >= 4 is 23.0 Å². The first-order valence-electron chi connectivity index (χ1n) is 10.8. The van der Waals surface area contributed by atoms with Gasteiger partial charge in [0.25, 0.3) is 11.6 Å². The van der Waals surface area contributed by atoms with Gasteiger partial charge in [-0.2, -0.15) is 0 Å². The lowest BCUT2D eigenvalue weighted by atomic mass is 10.1.